The molecule has 3 aliphatic rings. The van der Waals surface area contributed by atoms with Gasteiger partial charge in [-0.15, -0.1) is 0 Å². The Kier molecular flexibility index (Phi) is 8.01. The third kappa shape index (κ3) is 5.59. The van der Waals surface area contributed by atoms with Crippen LogP contribution < -0.4 is 10.2 Å². The number of halogens is 2. The maximum absolute atomic E-state index is 14.7. The Balaban J connectivity index is 1.66. The molecule has 0 radical (unpaired) electrons. The van der Waals surface area contributed by atoms with E-state index in [2.05, 4.69) is 31.1 Å². The molecule has 1 saturated heterocycles. The van der Waals surface area contributed by atoms with Crippen LogP contribution in [-0.2, 0) is 27.0 Å². The number of nitrogens with zero attached hydrogens (tertiary/aromatic N) is 4. The Morgan fingerprint density at radius 2 is 1.83 bits per heavy atom. The summed E-state index contributed by atoms with van der Waals surface area (Å²) in [6, 6.07) is 7.94. The van der Waals surface area contributed by atoms with Gasteiger partial charge in [-0.2, -0.15) is 5.26 Å². The zero-order valence-corrected chi connectivity index (χ0v) is 24.4. The number of aryl methyl sites for hydroxylation is 1. The second-order valence-corrected chi connectivity index (χ2v) is 13.0. The van der Waals surface area contributed by atoms with Crippen molar-refractivity contribution >= 4 is 17.5 Å². The zero-order chi connectivity index (χ0) is 30.3. The Morgan fingerprint density at radius 3 is 2.48 bits per heavy atom. The van der Waals surface area contributed by atoms with Gasteiger partial charge in [0.05, 0.1) is 12.6 Å². The standard InChI is InChI=1S/C32H39F2N5O3/c1-30(2,3)22-6-8-24(9-7-22)39(28(41)27-17-25(40)19-38(27)20-35)32(13-4-5-21-12-16-36-18-26(21)32)29(42)37-23-10-14-31(33,34)15-11-23/h6-9,12,16,18,23,25,27,40H,4-5,10-11,13-15,17,19H2,1-3H3,(H,37,42). The number of hydrogen-bond donors (Lipinski definition) is 2. The summed E-state index contributed by atoms with van der Waals surface area (Å²) in [5.74, 6) is -3.66. The summed E-state index contributed by atoms with van der Waals surface area (Å²) in [6.45, 7) is 6.28. The van der Waals surface area contributed by atoms with Gasteiger partial charge in [-0.1, -0.05) is 32.9 Å². The van der Waals surface area contributed by atoms with E-state index in [-0.39, 0.29) is 50.5 Å². The first-order chi connectivity index (χ1) is 19.9. The van der Waals surface area contributed by atoms with Crippen LogP contribution in [0.25, 0.3) is 0 Å². The summed E-state index contributed by atoms with van der Waals surface area (Å²) in [6.07, 6.45) is 5.76. The molecule has 42 heavy (non-hydrogen) atoms. The Hall–Kier alpha value is -3.58. The number of alkyl halides is 2. The molecule has 2 N–H and O–H groups in total. The first-order valence-corrected chi connectivity index (χ1v) is 14.8. The summed E-state index contributed by atoms with van der Waals surface area (Å²) in [5, 5.41) is 23.3. The van der Waals surface area contributed by atoms with Crippen LogP contribution in [0.5, 0.6) is 0 Å². The molecule has 0 spiro atoms. The molecule has 2 heterocycles. The van der Waals surface area contributed by atoms with Crippen LogP contribution >= 0.6 is 0 Å². The van der Waals surface area contributed by atoms with Crippen molar-refractivity contribution in [3.05, 3.63) is 59.4 Å². The maximum atomic E-state index is 14.7. The van der Waals surface area contributed by atoms with Crippen LogP contribution in [0.15, 0.2) is 42.7 Å². The molecule has 1 aromatic heterocycles. The third-order valence-electron chi connectivity index (χ3n) is 9.06. The van der Waals surface area contributed by atoms with Gasteiger partial charge in [0.25, 0.3) is 11.8 Å². The number of aromatic nitrogens is 1. The molecular weight excluding hydrogens is 540 g/mol. The minimum Gasteiger partial charge on any atom is -0.391 e. The molecule has 1 aliphatic heterocycles. The van der Waals surface area contributed by atoms with E-state index in [1.165, 1.54) is 9.80 Å². The monoisotopic (exact) mass is 579 g/mol. The van der Waals surface area contributed by atoms with Crippen molar-refractivity contribution in [2.45, 2.75) is 107 Å². The van der Waals surface area contributed by atoms with E-state index < -0.39 is 41.5 Å². The lowest BCUT2D eigenvalue weighted by atomic mass is 9.74. The topological polar surface area (TPSA) is 110 Å². The first kappa shape index (κ1) is 29.9. The molecule has 8 nitrogen and oxygen atoms in total. The van der Waals surface area contributed by atoms with E-state index in [9.17, 15) is 28.7 Å². The summed E-state index contributed by atoms with van der Waals surface area (Å²) in [4.78, 5) is 36.4. The molecule has 3 unspecified atom stereocenters. The fourth-order valence-electron chi connectivity index (χ4n) is 6.70. The number of pyridine rings is 1. The number of nitrogens with one attached hydrogen (secondary N) is 1. The van der Waals surface area contributed by atoms with Gasteiger partial charge in [-0.05, 0) is 66.8 Å². The molecule has 2 fully saturated rings. The number of aliphatic hydroxyl groups is 1. The van der Waals surface area contributed by atoms with Gasteiger partial charge in [-0.3, -0.25) is 24.4 Å². The van der Waals surface area contributed by atoms with Crippen molar-refractivity contribution in [3.63, 3.8) is 0 Å². The van der Waals surface area contributed by atoms with Gasteiger partial charge in [0.15, 0.2) is 11.7 Å². The van der Waals surface area contributed by atoms with E-state index in [4.69, 9.17) is 0 Å². The minimum absolute atomic E-state index is 0.0251. The van der Waals surface area contributed by atoms with E-state index in [0.717, 1.165) is 11.1 Å². The van der Waals surface area contributed by atoms with Gasteiger partial charge in [-0.25, -0.2) is 8.78 Å². The summed E-state index contributed by atoms with van der Waals surface area (Å²) in [7, 11) is 0. The maximum Gasteiger partial charge on any atom is 0.251 e. The molecule has 10 heteroatoms. The number of fused-ring (bicyclic) bond motifs is 1. The van der Waals surface area contributed by atoms with Crippen LogP contribution in [0.4, 0.5) is 14.5 Å². The first-order valence-electron chi connectivity index (χ1n) is 14.8. The average Bonchev–Trinajstić information content (AvgIpc) is 3.34. The molecule has 0 bridgehead atoms. The lowest BCUT2D eigenvalue weighted by Gasteiger charge is -2.47. The Labute approximate surface area is 245 Å². The summed E-state index contributed by atoms with van der Waals surface area (Å²) in [5.41, 5.74) is 1.31. The molecule has 1 aromatic carbocycles. The highest BCUT2D eigenvalue weighted by molar-refractivity contribution is 6.06. The predicted octanol–water partition coefficient (Wildman–Crippen LogP) is 4.55. The van der Waals surface area contributed by atoms with Crippen LogP contribution in [0.3, 0.4) is 0 Å². The second-order valence-electron chi connectivity index (χ2n) is 13.0. The number of anilines is 1. The number of likely N-dealkylation sites (tertiary alicyclic amines) is 1. The van der Waals surface area contributed by atoms with Crippen molar-refractivity contribution in [2.24, 2.45) is 0 Å². The predicted molar refractivity (Wildman–Crippen MR) is 154 cm³/mol. The fourth-order valence-corrected chi connectivity index (χ4v) is 6.70. The molecule has 1 saturated carbocycles. The van der Waals surface area contributed by atoms with Crippen LogP contribution in [0.2, 0.25) is 0 Å². The lowest BCUT2D eigenvalue weighted by Crippen LogP contribution is -2.64. The van der Waals surface area contributed by atoms with Gasteiger partial charge >= 0.3 is 0 Å². The normalized spacial score (nSPS) is 25.8. The smallest absolute Gasteiger partial charge is 0.251 e. The van der Waals surface area contributed by atoms with E-state index in [0.29, 0.717) is 24.1 Å². The van der Waals surface area contributed by atoms with Crippen molar-refractivity contribution in [2.75, 3.05) is 11.4 Å². The second kappa shape index (κ2) is 11.3. The molecule has 224 valence electrons. The van der Waals surface area contributed by atoms with E-state index in [1.807, 2.05) is 36.5 Å². The van der Waals surface area contributed by atoms with Gasteiger partial charge in [0, 0.05) is 48.9 Å². The third-order valence-corrected chi connectivity index (χ3v) is 9.06. The van der Waals surface area contributed by atoms with Gasteiger partial charge in [0.1, 0.15) is 6.04 Å². The van der Waals surface area contributed by atoms with Gasteiger partial charge in [0.2, 0.25) is 5.92 Å². The molecule has 2 aliphatic carbocycles. The highest BCUT2D eigenvalue weighted by atomic mass is 19.3. The highest BCUT2D eigenvalue weighted by Crippen LogP contribution is 2.45. The number of nitriles is 1. The Morgan fingerprint density at radius 1 is 1.14 bits per heavy atom. The molecular formula is C32H39F2N5O3. The van der Waals surface area contributed by atoms with Crippen molar-refractivity contribution in [1.29, 1.82) is 5.26 Å². The SMILES string of the molecule is CC(C)(C)c1ccc(N(C(=O)C2CC(O)CN2C#N)C2(C(=O)NC3CCC(F)(F)CC3)CCCc3ccncc32)cc1. The molecule has 2 amide bonds. The lowest BCUT2D eigenvalue weighted by molar-refractivity contribution is -0.134. The number of hydrogen-bond acceptors (Lipinski definition) is 6. The molecule has 2 aromatic rings. The van der Waals surface area contributed by atoms with Crippen molar-refractivity contribution in [3.8, 4) is 6.19 Å². The van der Waals surface area contributed by atoms with Crippen LogP contribution in [0.1, 0.15) is 82.4 Å². The summed E-state index contributed by atoms with van der Waals surface area (Å²) < 4.78 is 27.9. The van der Waals surface area contributed by atoms with Gasteiger partial charge < -0.3 is 10.4 Å². The number of benzene rings is 1. The number of rotatable bonds is 5. The quantitative estimate of drug-likeness (QED) is 0.503. The van der Waals surface area contributed by atoms with Crippen LogP contribution in [-0.4, -0.2) is 57.5 Å². The van der Waals surface area contributed by atoms with E-state index in [1.54, 1.807) is 12.4 Å². The van der Waals surface area contributed by atoms with Crippen molar-refractivity contribution < 1.29 is 23.5 Å². The van der Waals surface area contributed by atoms with E-state index >= 15 is 0 Å². The largest absolute Gasteiger partial charge is 0.391 e. The van der Waals surface area contributed by atoms with Crippen LogP contribution in [0, 0.1) is 11.5 Å². The van der Waals surface area contributed by atoms with Crippen molar-refractivity contribution in [1.82, 2.24) is 15.2 Å². The average molecular weight is 580 g/mol. The number of aliphatic hydroxyl groups excluding tert-OH is 1. The molecule has 3 atom stereocenters. The number of β-amino-alcohol motifs (C(OH)–C–C–N with tert-alkyl or cyclic N) is 1. The minimum atomic E-state index is -2.75. The molecule has 5 rings (SSSR count). The number of amides is 2. The Bertz CT molecular complexity index is 1360. The fraction of sp³-hybridized carbons (Fsp3) is 0.562. The number of carbonyl (C=O) groups excluding carboxylic acids is 2. The highest BCUT2D eigenvalue weighted by Gasteiger charge is 2.54. The zero-order valence-electron chi connectivity index (χ0n) is 24.4. The number of carbonyl (C=O) groups is 2. The summed E-state index contributed by atoms with van der Waals surface area (Å²) >= 11 is 0.